The van der Waals surface area contributed by atoms with E-state index < -0.39 is 9.84 Å². The highest BCUT2D eigenvalue weighted by atomic mass is 32.2. The Morgan fingerprint density at radius 3 is 2.95 bits per heavy atom. The molecule has 0 radical (unpaired) electrons. The van der Waals surface area contributed by atoms with E-state index in [0.29, 0.717) is 18.1 Å². The number of sulfone groups is 1. The van der Waals surface area contributed by atoms with Gasteiger partial charge in [-0.2, -0.15) is 0 Å². The van der Waals surface area contributed by atoms with Crippen LogP contribution < -0.4 is 5.32 Å². The summed E-state index contributed by atoms with van der Waals surface area (Å²) in [5, 5.41) is 10.5. The molecule has 1 fully saturated rings. The summed E-state index contributed by atoms with van der Waals surface area (Å²) in [5.41, 5.74) is 1.53. The molecule has 9 heteroatoms. The number of anilines is 1. The number of hydrogen-bond acceptors (Lipinski definition) is 6. The van der Waals surface area contributed by atoms with Gasteiger partial charge in [0.1, 0.15) is 5.51 Å². The molecule has 0 saturated carbocycles. The molecule has 0 bridgehead atoms. The number of hydrogen-bond donors (Lipinski definition) is 1. The quantitative estimate of drug-likeness (QED) is 0.885. The largest absolute Gasteiger partial charge is 0.323 e. The van der Waals surface area contributed by atoms with Crippen molar-refractivity contribution in [3.8, 4) is 0 Å². The predicted molar refractivity (Wildman–Crippen MR) is 77.6 cm³/mol. The zero-order valence-corrected chi connectivity index (χ0v) is 12.9. The predicted octanol–water partition coefficient (Wildman–Crippen LogP) is 1.36. The molecule has 1 atom stereocenters. The van der Waals surface area contributed by atoms with E-state index in [1.54, 1.807) is 4.90 Å². The number of amides is 2. The average molecular weight is 318 g/mol. The van der Waals surface area contributed by atoms with Crippen LogP contribution in [-0.4, -0.2) is 53.6 Å². The van der Waals surface area contributed by atoms with E-state index >= 15 is 0 Å². The molecule has 0 spiro atoms. The molecular weight excluding hydrogens is 300 g/mol. The highest BCUT2D eigenvalue weighted by molar-refractivity contribution is 7.91. The first-order valence-corrected chi connectivity index (χ1v) is 9.26. The molecule has 1 aliphatic rings. The van der Waals surface area contributed by atoms with Gasteiger partial charge < -0.3 is 4.90 Å². The topological polar surface area (TPSA) is 92.3 Å². The number of urea groups is 1. The molecule has 1 aromatic heterocycles. The lowest BCUT2D eigenvalue weighted by atomic mass is 10.2. The number of aromatic nitrogens is 2. The second kappa shape index (κ2) is 6.49. The van der Waals surface area contributed by atoms with Crippen LogP contribution in [0, 0.1) is 0 Å². The van der Waals surface area contributed by atoms with Gasteiger partial charge in [0, 0.05) is 12.6 Å². The standard InChI is InChI=1S/C11H18N4O3S2/c1-2-3-5-15(9-4-6-20(17,18)7-9)11(16)13-10-14-12-8-19-10/h8-9H,2-7H2,1H3,(H,13,14,16). The summed E-state index contributed by atoms with van der Waals surface area (Å²) in [5.74, 6) is 0.215. The Morgan fingerprint density at radius 2 is 2.40 bits per heavy atom. The van der Waals surface area contributed by atoms with Crippen molar-refractivity contribution >= 4 is 32.3 Å². The van der Waals surface area contributed by atoms with E-state index in [1.807, 2.05) is 6.92 Å². The van der Waals surface area contributed by atoms with Gasteiger partial charge in [-0.1, -0.05) is 24.7 Å². The summed E-state index contributed by atoms with van der Waals surface area (Å²) < 4.78 is 23.2. The minimum absolute atomic E-state index is 0.0558. The Kier molecular flexibility index (Phi) is 4.92. The second-order valence-corrected chi connectivity index (χ2v) is 7.84. The van der Waals surface area contributed by atoms with E-state index in [4.69, 9.17) is 0 Å². The van der Waals surface area contributed by atoms with Crippen molar-refractivity contribution in [1.82, 2.24) is 15.1 Å². The first-order valence-electron chi connectivity index (χ1n) is 6.56. The normalized spacial score (nSPS) is 20.8. The van der Waals surface area contributed by atoms with Crippen LogP contribution in [0.5, 0.6) is 0 Å². The molecular formula is C11H18N4O3S2. The van der Waals surface area contributed by atoms with Gasteiger partial charge in [0.25, 0.3) is 0 Å². The zero-order chi connectivity index (χ0) is 14.6. The summed E-state index contributed by atoms with van der Waals surface area (Å²) in [6, 6.07) is -0.531. The Labute approximate surface area is 122 Å². The van der Waals surface area contributed by atoms with Gasteiger partial charge in [0.15, 0.2) is 9.84 Å². The molecule has 2 heterocycles. The van der Waals surface area contributed by atoms with Crippen molar-refractivity contribution in [3.05, 3.63) is 5.51 Å². The molecule has 0 aromatic carbocycles. The van der Waals surface area contributed by atoms with Gasteiger partial charge in [-0.3, -0.25) is 5.32 Å². The molecule has 1 N–H and O–H groups in total. The lowest BCUT2D eigenvalue weighted by Crippen LogP contribution is -2.44. The Bertz CT molecular complexity index is 544. The molecule has 1 saturated heterocycles. The molecule has 0 aliphatic carbocycles. The average Bonchev–Trinajstić information content (AvgIpc) is 3.00. The fraction of sp³-hybridized carbons (Fsp3) is 0.727. The maximum Gasteiger partial charge on any atom is 0.323 e. The number of carbonyl (C=O) groups is 1. The summed E-state index contributed by atoms with van der Waals surface area (Å²) in [6.45, 7) is 2.59. The van der Waals surface area contributed by atoms with Crippen molar-refractivity contribution in [2.45, 2.75) is 32.2 Å². The van der Waals surface area contributed by atoms with Crippen LogP contribution in [0.1, 0.15) is 26.2 Å². The van der Waals surface area contributed by atoms with Crippen LogP contribution in [0.3, 0.4) is 0 Å². The van der Waals surface area contributed by atoms with Gasteiger partial charge in [0.05, 0.1) is 11.5 Å². The molecule has 20 heavy (non-hydrogen) atoms. The lowest BCUT2D eigenvalue weighted by molar-refractivity contribution is 0.192. The van der Waals surface area contributed by atoms with E-state index in [-0.39, 0.29) is 23.6 Å². The Balaban J connectivity index is 2.04. The maximum absolute atomic E-state index is 12.3. The Hall–Kier alpha value is -1.22. The monoisotopic (exact) mass is 318 g/mol. The van der Waals surface area contributed by atoms with Gasteiger partial charge in [-0.25, -0.2) is 13.2 Å². The summed E-state index contributed by atoms with van der Waals surface area (Å²) in [6.07, 6.45) is 2.30. The fourth-order valence-electron chi connectivity index (χ4n) is 2.19. The molecule has 7 nitrogen and oxygen atoms in total. The third-order valence-electron chi connectivity index (χ3n) is 3.24. The van der Waals surface area contributed by atoms with Gasteiger partial charge in [-0.05, 0) is 12.8 Å². The molecule has 1 aromatic rings. The number of rotatable bonds is 5. The minimum Gasteiger partial charge on any atom is -0.320 e. The van der Waals surface area contributed by atoms with Gasteiger partial charge in [-0.15, -0.1) is 10.2 Å². The third-order valence-corrected chi connectivity index (χ3v) is 5.59. The maximum atomic E-state index is 12.3. The second-order valence-electron chi connectivity index (χ2n) is 4.78. The number of nitrogens with zero attached hydrogens (tertiary/aromatic N) is 3. The third kappa shape index (κ3) is 3.89. The van der Waals surface area contributed by atoms with E-state index in [9.17, 15) is 13.2 Å². The molecule has 1 aliphatic heterocycles. The summed E-state index contributed by atoms with van der Waals surface area (Å²) >= 11 is 1.24. The van der Waals surface area contributed by atoms with Crippen LogP contribution in [0.25, 0.3) is 0 Å². The van der Waals surface area contributed by atoms with Gasteiger partial charge in [0.2, 0.25) is 5.13 Å². The van der Waals surface area contributed by atoms with Gasteiger partial charge >= 0.3 is 6.03 Å². The number of carbonyl (C=O) groups excluding carboxylic acids is 1. The highest BCUT2D eigenvalue weighted by Crippen LogP contribution is 2.20. The Morgan fingerprint density at radius 1 is 1.60 bits per heavy atom. The van der Waals surface area contributed by atoms with E-state index in [2.05, 4.69) is 15.5 Å². The SMILES string of the molecule is CCCCN(C(=O)Nc1nncs1)C1CCS(=O)(=O)C1. The first kappa shape index (κ1) is 15.2. The van der Waals surface area contributed by atoms with Crippen molar-refractivity contribution in [2.75, 3.05) is 23.4 Å². The van der Waals surface area contributed by atoms with E-state index in [1.165, 1.54) is 16.8 Å². The van der Waals surface area contributed by atoms with Crippen LogP contribution in [0.15, 0.2) is 5.51 Å². The van der Waals surface area contributed by atoms with Crippen molar-refractivity contribution in [2.24, 2.45) is 0 Å². The van der Waals surface area contributed by atoms with Crippen molar-refractivity contribution < 1.29 is 13.2 Å². The first-order chi connectivity index (χ1) is 9.52. The van der Waals surface area contributed by atoms with Crippen molar-refractivity contribution in [3.63, 3.8) is 0 Å². The van der Waals surface area contributed by atoms with Crippen molar-refractivity contribution in [1.29, 1.82) is 0 Å². The van der Waals surface area contributed by atoms with Crippen LogP contribution >= 0.6 is 11.3 Å². The number of nitrogens with one attached hydrogen (secondary N) is 1. The molecule has 2 amide bonds. The zero-order valence-electron chi connectivity index (χ0n) is 11.3. The smallest absolute Gasteiger partial charge is 0.320 e. The van der Waals surface area contributed by atoms with Crippen LogP contribution in [0.4, 0.5) is 9.93 Å². The summed E-state index contributed by atoms with van der Waals surface area (Å²) in [7, 11) is -3.01. The van der Waals surface area contributed by atoms with Crippen LogP contribution in [0.2, 0.25) is 0 Å². The lowest BCUT2D eigenvalue weighted by Gasteiger charge is -2.27. The van der Waals surface area contributed by atoms with Crippen LogP contribution in [-0.2, 0) is 9.84 Å². The fourth-order valence-corrected chi connectivity index (χ4v) is 4.36. The van der Waals surface area contributed by atoms with E-state index in [0.717, 1.165) is 12.8 Å². The molecule has 1 unspecified atom stereocenters. The minimum atomic E-state index is -3.01. The molecule has 112 valence electrons. The molecule has 2 rings (SSSR count). The number of unbranched alkanes of at least 4 members (excludes halogenated alkanes) is 1. The summed E-state index contributed by atoms with van der Waals surface area (Å²) in [4.78, 5) is 13.9. The highest BCUT2D eigenvalue weighted by Gasteiger charge is 2.34.